The normalized spacial score (nSPS) is 19.1. The molecule has 0 bridgehead atoms. The monoisotopic (exact) mass is 220 g/mol. The first kappa shape index (κ1) is 10.2. The molecule has 1 atom stereocenters. The number of aromatic carboxylic acids is 1. The second-order valence-corrected chi connectivity index (χ2v) is 3.32. The SMILES string of the molecule is O=C1NC(=O)C(c2ccc(C(=O)O)cc2)N1. The van der Waals surface area contributed by atoms with Crippen LogP contribution in [0.4, 0.5) is 4.79 Å². The van der Waals surface area contributed by atoms with E-state index in [-0.39, 0.29) is 5.56 Å². The molecule has 1 saturated heterocycles. The summed E-state index contributed by atoms with van der Waals surface area (Å²) in [6.07, 6.45) is 0. The maximum Gasteiger partial charge on any atom is 0.335 e. The molecule has 3 N–H and O–H groups in total. The van der Waals surface area contributed by atoms with Gasteiger partial charge in [-0.05, 0) is 17.7 Å². The third-order valence-electron chi connectivity index (χ3n) is 2.27. The quantitative estimate of drug-likeness (QED) is 0.623. The van der Waals surface area contributed by atoms with E-state index in [4.69, 9.17) is 5.11 Å². The molecule has 6 heteroatoms. The second-order valence-electron chi connectivity index (χ2n) is 3.32. The molecule has 1 aliphatic rings. The summed E-state index contributed by atoms with van der Waals surface area (Å²) >= 11 is 0. The van der Waals surface area contributed by atoms with Crippen LogP contribution >= 0.6 is 0 Å². The van der Waals surface area contributed by atoms with Gasteiger partial charge in [-0.25, -0.2) is 9.59 Å². The Morgan fingerprint density at radius 3 is 2.25 bits per heavy atom. The Morgan fingerprint density at radius 1 is 1.19 bits per heavy atom. The molecule has 1 aromatic carbocycles. The van der Waals surface area contributed by atoms with E-state index in [1.165, 1.54) is 24.3 Å². The molecular formula is C10H8N2O4. The number of benzene rings is 1. The van der Waals surface area contributed by atoms with Crippen molar-refractivity contribution in [3.63, 3.8) is 0 Å². The number of carbonyl (C=O) groups excluding carboxylic acids is 2. The van der Waals surface area contributed by atoms with Crippen molar-refractivity contribution < 1.29 is 19.5 Å². The molecule has 1 aliphatic heterocycles. The first-order valence-electron chi connectivity index (χ1n) is 4.52. The molecule has 0 aliphatic carbocycles. The molecule has 0 spiro atoms. The van der Waals surface area contributed by atoms with E-state index in [1.807, 2.05) is 0 Å². The zero-order chi connectivity index (χ0) is 11.7. The fourth-order valence-corrected chi connectivity index (χ4v) is 1.47. The molecule has 0 radical (unpaired) electrons. The van der Waals surface area contributed by atoms with Crippen LogP contribution < -0.4 is 10.6 Å². The van der Waals surface area contributed by atoms with Crippen LogP contribution in [0, 0.1) is 0 Å². The van der Waals surface area contributed by atoms with Crippen LogP contribution in [0.25, 0.3) is 0 Å². The van der Waals surface area contributed by atoms with Gasteiger partial charge in [-0.15, -0.1) is 0 Å². The number of rotatable bonds is 2. The van der Waals surface area contributed by atoms with Gasteiger partial charge in [0.25, 0.3) is 5.91 Å². The van der Waals surface area contributed by atoms with E-state index >= 15 is 0 Å². The molecule has 82 valence electrons. The third-order valence-corrected chi connectivity index (χ3v) is 2.27. The summed E-state index contributed by atoms with van der Waals surface area (Å²) in [5.41, 5.74) is 0.682. The van der Waals surface area contributed by atoms with Gasteiger partial charge in [0.05, 0.1) is 5.56 Å². The van der Waals surface area contributed by atoms with Crippen LogP contribution in [-0.4, -0.2) is 23.0 Å². The number of urea groups is 1. The van der Waals surface area contributed by atoms with E-state index < -0.39 is 23.9 Å². The third kappa shape index (κ3) is 1.72. The number of imide groups is 1. The molecule has 16 heavy (non-hydrogen) atoms. The van der Waals surface area contributed by atoms with Crippen LogP contribution in [0.15, 0.2) is 24.3 Å². The van der Waals surface area contributed by atoms with Gasteiger partial charge in [-0.2, -0.15) is 0 Å². The van der Waals surface area contributed by atoms with Crippen molar-refractivity contribution in [3.8, 4) is 0 Å². The summed E-state index contributed by atoms with van der Waals surface area (Å²) in [7, 11) is 0. The minimum atomic E-state index is -1.04. The number of carboxylic acid groups (broad SMARTS) is 1. The van der Waals surface area contributed by atoms with E-state index in [1.54, 1.807) is 0 Å². The molecule has 1 heterocycles. The highest BCUT2D eigenvalue weighted by Gasteiger charge is 2.30. The minimum absolute atomic E-state index is 0.133. The summed E-state index contributed by atoms with van der Waals surface area (Å²) in [5, 5.41) is 13.2. The van der Waals surface area contributed by atoms with Crippen molar-refractivity contribution in [2.24, 2.45) is 0 Å². The fourth-order valence-electron chi connectivity index (χ4n) is 1.47. The summed E-state index contributed by atoms with van der Waals surface area (Å²) in [6.45, 7) is 0. The van der Waals surface area contributed by atoms with Crippen LogP contribution in [-0.2, 0) is 4.79 Å². The molecule has 1 unspecified atom stereocenters. The van der Waals surface area contributed by atoms with Gasteiger partial charge < -0.3 is 10.4 Å². The molecule has 0 aromatic heterocycles. The average Bonchev–Trinajstić information content (AvgIpc) is 2.58. The van der Waals surface area contributed by atoms with Crippen LogP contribution in [0.5, 0.6) is 0 Å². The van der Waals surface area contributed by atoms with Gasteiger partial charge >= 0.3 is 12.0 Å². The number of amides is 3. The Hall–Kier alpha value is -2.37. The highest BCUT2D eigenvalue weighted by Crippen LogP contribution is 2.17. The van der Waals surface area contributed by atoms with Gasteiger partial charge in [0.1, 0.15) is 6.04 Å². The van der Waals surface area contributed by atoms with Gasteiger partial charge in [0.15, 0.2) is 0 Å². The molecule has 6 nitrogen and oxygen atoms in total. The maximum absolute atomic E-state index is 11.3. The summed E-state index contributed by atoms with van der Waals surface area (Å²) < 4.78 is 0. The van der Waals surface area contributed by atoms with E-state index in [2.05, 4.69) is 10.6 Å². The number of carbonyl (C=O) groups is 3. The number of hydrogen-bond donors (Lipinski definition) is 3. The second kappa shape index (κ2) is 3.65. The Morgan fingerprint density at radius 2 is 1.81 bits per heavy atom. The lowest BCUT2D eigenvalue weighted by Crippen LogP contribution is -2.22. The molecule has 1 aromatic rings. The maximum atomic E-state index is 11.3. The molecular weight excluding hydrogens is 212 g/mol. The van der Waals surface area contributed by atoms with Crippen LogP contribution in [0.1, 0.15) is 22.0 Å². The Balaban J connectivity index is 2.25. The zero-order valence-electron chi connectivity index (χ0n) is 8.06. The lowest BCUT2D eigenvalue weighted by molar-refractivity contribution is -0.120. The molecule has 2 rings (SSSR count). The number of carboxylic acids is 1. The number of hydrogen-bond acceptors (Lipinski definition) is 3. The smallest absolute Gasteiger partial charge is 0.335 e. The van der Waals surface area contributed by atoms with Gasteiger partial charge in [0, 0.05) is 0 Å². The van der Waals surface area contributed by atoms with Crippen molar-refractivity contribution >= 4 is 17.9 Å². The predicted octanol–water partition coefficient (Wildman–Crippen LogP) is 0.265. The Kier molecular flexibility index (Phi) is 2.32. The molecule has 3 amide bonds. The summed E-state index contributed by atoms with van der Waals surface area (Å²) in [5.74, 6) is -1.47. The summed E-state index contributed by atoms with van der Waals surface area (Å²) in [4.78, 5) is 32.8. The first-order valence-corrected chi connectivity index (χ1v) is 4.52. The standard InChI is InChI=1S/C10H8N2O4/c13-8-7(11-10(16)12-8)5-1-3-6(4-2-5)9(14)15/h1-4,7H,(H,14,15)(H2,11,12,13,16). The topological polar surface area (TPSA) is 95.5 Å². The zero-order valence-corrected chi connectivity index (χ0v) is 8.06. The molecule has 1 fully saturated rings. The highest BCUT2D eigenvalue weighted by molar-refractivity contribution is 6.04. The van der Waals surface area contributed by atoms with Gasteiger partial charge in [-0.3, -0.25) is 10.1 Å². The first-order chi connectivity index (χ1) is 7.58. The van der Waals surface area contributed by atoms with Crippen LogP contribution in [0.3, 0.4) is 0 Å². The van der Waals surface area contributed by atoms with Crippen molar-refractivity contribution in [1.82, 2.24) is 10.6 Å². The van der Waals surface area contributed by atoms with Crippen molar-refractivity contribution in [3.05, 3.63) is 35.4 Å². The van der Waals surface area contributed by atoms with E-state index in [0.29, 0.717) is 5.56 Å². The summed E-state index contributed by atoms with van der Waals surface area (Å²) in [6, 6.07) is 4.48. The predicted molar refractivity (Wildman–Crippen MR) is 52.8 cm³/mol. The highest BCUT2D eigenvalue weighted by atomic mass is 16.4. The van der Waals surface area contributed by atoms with Crippen molar-refractivity contribution in [2.45, 2.75) is 6.04 Å². The van der Waals surface area contributed by atoms with Gasteiger partial charge in [0.2, 0.25) is 0 Å². The van der Waals surface area contributed by atoms with Gasteiger partial charge in [-0.1, -0.05) is 12.1 Å². The fraction of sp³-hybridized carbons (Fsp3) is 0.100. The largest absolute Gasteiger partial charge is 0.478 e. The van der Waals surface area contributed by atoms with Crippen molar-refractivity contribution in [1.29, 1.82) is 0 Å². The Bertz CT molecular complexity index is 466. The Labute approximate surface area is 90.3 Å². The van der Waals surface area contributed by atoms with Crippen molar-refractivity contribution in [2.75, 3.05) is 0 Å². The number of nitrogens with one attached hydrogen (secondary N) is 2. The average molecular weight is 220 g/mol. The minimum Gasteiger partial charge on any atom is -0.478 e. The lowest BCUT2D eigenvalue weighted by atomic mass is 10.1. The van der Waals surface area contributed by atoms with Crippen LogP contribution in [0.2, 0.25) is 0 Å². The molecule has 0 saturated carbocycles. The van der Waals surface area contributed by atoms with E-state index in [0.717, 1.165) is 0 Å². The van der Waals surface area contributed by atoms with E-state index in [9.17, 15) is 14.4 Å². The lowest BCUT2D eigenvalue weighted by Gasteiger charge is -2.07.